The van der Waals surface area contributed by atoms with Crippen LogP contribution in [0.2, 0.25) is 0 Å². The largest absolute Gasteiger partial charge is 0.436 e. The lowest BCUT2D eigenvalue weighted by Gasteiger charge is -2.06. The van der Waals surface area contributed by atoms with Gasteiger partial charge in [-0.2, -0.15) is 9.37 Å². The SMILES string of the molecule is Nc1ncc(F)c(Oc2cc(F)cc(Br)c2)n1. The van der Waals surface area contributed by atoms with Gasteiger partial charge in [0, 0.05) is 10.5 Å². The number of nitrogens with zero attached hydrogens (tertiary/aromatic N) is 2. The van der Waals surface area contributed by atoms with Crippen molar-refractivity contribution in [1.29, 1.82) is 0 Å². The van der Waals surface area contributed by atoms with Gasteiger partial charge in [-0.25, -0.2) is 9.37 Å². The van der Waals surface area contributed by atoms with Crippen molar-refractivity contribution in [1.82, 2.24) is 9.97 Å². The van der Waals surface area contributed by atoms with Gasteiger partial charge in [0.15, 0.2) is 0 Å². The van der Waals surface area contributed by atoms with Gasteiger partial charge in [0.05, 0.1) is 6.20 Å². The molecule has 0 spiro atoms. The van der Waals surface area contributed by atoms with Gasteiger partial charge < -0.3 is 10.5 Å². The molecule has 0 atom stereocenters. The van der Waals surface area contributed by atoms with Gasteiger partial charge in [0.25, 0.3) is 5.88 Å². The molecule has 0 unspecified atom stereocenters. The van der Waals surface area contributed by atoms with Crippen molar-refractivity contribution >= 4 is 21.9 Å². The fourth-order valence-corrected chi connectivity index (χ4v) is 1.58. The molecule has 0 saturated carbocycles. The Bertz CT molecular complexity index is 545. The van der Waals surface area contributed by atoms with Crippen LogP contribution >= 0.6 is 15.9 Å². The molecule has 1 aromatic carbocycles. The molecule has 0 saturated heterocycles. The predicted octanol–water partition coefficient (Wildman–Crippen LogP) is 2.89. The number of nitrogen functional groups attached to an aromatic ring is 1. The summed E-state index contributed by atoms with van der Waals surface area (Å²) >= 11 is 3.09. The fraction of sp³-hybridized carbons (Fsp3) is 0. The first-order chi connectivity index (χ1) is 8.04. The number of hydrogen-bond acceptors (Lipinski definition) is 4. The first-order valence-electron chi connectivity index (χ1n) is 4.46. The van der Waals surface area contributed by atoms with Crippen LogP contribution < -0.4 is 10.5 Å². The zero-order valence-corrected chi connectivity index (χ0v) is 9.91. The number of halogens is 3. The van der Waals surface area contributed by atoms with Crippen LogP contribution in [0, 0.1) is 11.6 Å². The molecular formula is C10H6BrF2N3O. The van der Waals surface area contributed by atoms with Crippen molar-refractivity contribution in [2.75, 3.05) is 5.73 Å². The summed E-state index contributed by atoms with van der Waals surface area (Å²) in [6.07, 6.45) is 0.881. The first-order valence-corrected chi connectivity index (χ1v) is 5.26. The molecular weight excluding hydrogens is 296 g/mol. The van der Waals surface area contributed by atoms with Crippen LogP contribution in [0.3, 0.4) is 0 Å². The second-order valence-corrected chi connectivity index (χ2v) is 4.00. The minimum atomic E-state index is -0.778. The predicted molar refractivity (Wildman–Crippen MR) is 60.6 cm³/mol. The van der Waals surface area contributed by atoms with E-state index >= 15 is 0 Å². The maximum Gasteiger partial charge on any atom is 0.260 e. The van der Waals surface area contributed by atoms with Gasteiger partial charge in [-0.3, -0.25) is 0 Å². The molecule has 4 nitrogen and oxygen atoms in total. The van der Waals surface area contributed by atoms with Gasteiger partial charge in [0.2, 0.25) is 11.8 Å². The molecule has 0 fully saturated rings. The summed E-state index contributed by atoms with van der Waals surface area (Å²) in [5.41, 5.74) is 5.29. The Labute approximate surface area is 104 Å². The number of anilines is 1. The summed E-state index contributed by atoms with van der Waals surface area (Å²) in [5.74, 6) is -1.67. The van der Waals surface area contributed by atoms with Gasteiger partial charge in [0.1, 0.15) is 11.6 Å². The third kappa shape index (κ3) is 2.88. The summed E-state index contributed by atoms with van der Waals surface area (Å²) in [7, 11) is 0. The number of rotatable bonds is 2. The van der Waals surface area contributed by atoms with E-state index in [0.717, 1.165) is 12.3 Å². The van der Waals surface area contributed by atoms with Crippen LogP contribution in [0.4, 0.5) is 14.7 Å². The Morgan fingerprint density at radius 2 is 2.00 bits per heavy atom. The first kappa shape index (κ1) is 11.7. The number of ether oxygens (including phenoxy) is 1. The number of aromatic nitrogens is 2. The molecule has 0 radical (unpaired) electrons. The summed E-state index contributed by atoms with van der Waals surface area (Å²) in [6, 6.07) is 3.82. The third-order valence-corrected chi connectivity index (χ3v) is 2.24. The molecule has 17 heavy (non-hydrogen) atoms. The van der Waals surface area contributed by atoms with Crippen molar-refractivity contribution in [3.8, 4) is 11.6 Å². The number of benzene rings is 1. The molecule has 7 heteroatoms. The highest BCUT2D eigenvalue weighted by Gasteiger charge is 2.09. The van der Waals surface area contributed by atoms with Crippen LogP contribution in [-0.4, -0.2) is 9.97 Å². The van der Waals surface area contributed by atoms with E-state index < -0.39 is 11.6 Å². The van der Waals surface area contributed by atoms with Crippen LogP contribution in [-0.2, 0) is 0 Å². The van der Waals surface area contributed by atoms with Crippen molar-refractivity contribution in [3.05, 3.63) is 40.5 Å². The van der Waals surface area contributed by atoms with Crippen molar-refractivity contribution < 1.29 is 13.5 Å². The maximum absolute atomic E-state index is 13.2. The van der Waals surface area contributed by atoms with E-state index in [0.29, 0.717) is 4.47 Å². The van der Waals surface area contributed by atoms with Crippen LogP contribution in [0.25, 0.3) is 0 Å². The molecule has 0 amide bonds. The van der Waals surface area contributed by atoms with E-state index in [1.165, 1.54) is 12.1 Å². The molecule has 1 heterocycles. The lowest BCUT2D eigenvalue weighted by molar-refractivity contribution is 0.418. The quantitative estimate of drug-likeness (QED) is 0.926. The van der Waals surface area contributed by atoms with Gasteiger partial charge >= 0.3 is 0 Å². The maximum atomic E-state index is 13.2. The highest BCUT2D eigenvalue weighted by molar-refractivity contribution is 9.10. The summed E-state index contributed by atoms with van der Waals surface area (Å²) in [5, 5.41) is 0. The van der Waals surface area contributed by atoms with Gasteiger partial charge in [-0.15, -0.1) is 0 Å². The Morgan fingerprint density at radius 1 is 1.24 bits per heavy atom. The normalized spacial score (nSPS) is 10.3. The number of hydrogen-bond donors (Lipinski definition) is 1. The van der Waals surface area contributed by atoms with Crippen LogP contribution in [0.5, 0.6) is 11.6 Å². The molecule has 88 valence electrons. The topological polar surface area (TPSA) is 61.0 Å². The molecule has 2 aromatic rings. The molecule has 0 aliphatic rings. The zero-order valence-electron chi connectivity index (χ0n) is 8.32. The highest BCUT2D eigenvalue weighted by Crippen LogP contribution is 2.26. The standard InChI is InChI=1S/C10H6BrF2N3O/c11-5-1-6(12)3-7(2-5)17-9-8(13)4-15-10(14)16-9/h1-4H,(H2,14,15,16). The zero-order chi connectivity index (χ0) is 12.4. The monoisotopic (exact) mass is 301 g/mol. The van der Waals surface area contributed by atoms with Crippen LogP contribution in [0.15, 0.2) is 28.9 Å². The average Bonchev–Trinajstić information content (AvgIpc) is 2.22. The second-order valence-electron chi connectivity index (χ2n) is 3.09. The molecule has 0 aliphatic heterocycles. The number of nitrogens with two attached hydrogens (primary N) is 1. The lowest BCUT2D eigenvalue weighted by Crippen LogP contribution is -1.99. The second kappa shape index (κ2) is 4.62. The van der Waals surface area contributed by atoms with Crippen LogP contribution in [0.1, 0.15) is 0 Å². The Balaban J connectivity index is 2.34. The highest BCUT2D eigenvalue weighted by atomic mass is 79.9. The van der Waals surface area contributed by atoms with E-state index in [2.05, 4.69) is 25.9 Å². The van der Waals surface area contributed by atoms with E-state index in [1.807, 2.05) is 0 Å². The van der Waals surface area contributed by atoms with Crippen molar-refractivity contribution in [2.45, 2.75) is 0 Å². The third-order valence-electron chi connectivity index (χ3n) is 1.78. The Kier molecular flexibility index (Phi) is 3.19. The van der Waals surface area contributed by atoms with Gasteiger partial charge in [-0.05, 0) is 12.1 Å². The van der Waals surface area contributed by atoms with Gasteiger partial charge in [-0.1, -0.05) is 15.9 Å². The van der Waals surface area contributed by atoms with Crippen molar-refractivity contribution in [2.24, 2.45) is 0 Å². The summed E-state index contributed by atoms with van der Waals surface area (Å²) < 4.78 is 31.8. The molecule has 2 rings (SSSR count). The van der Waals surface area contributed by atoms with E-state index in [-0.39, 0.29) is 17.6 Å². The van der Waals surface area contributed by atoms with E-state index in [9.17, 15) is 8.78 Å². The van der Waals surface area contributed by atoms with E-state index in [4.69, 9.17) is 10.5 Å². The summed E-state index contributed by atoms with van der Waals surface area (Å²) in [6.45, 7) is 0. The molecule has 2 N–H and O–H groups in total. The summed E-state index contributed by atoms with van der Waals surface area (Å²) in [4.78, 5) is 7.00. The Morgan fingerprint density at radius 3 is 2.71 bits per heavy atom. The lowest BCUT2D eigenvalue weighted by atomic mass is 10.3. The fourth-order valence-electron chi connectivity index (χ4n) is 1.13. The minimum absolute atomic E-state index is 0.105. The Hall–Kier alpha value is -1.76. The average molecular weight is 302 g/mol. The molecule has 0 bridgehead atoms. The van der Waals surface area contributed by atoms with Crippen molar-refractivity contribution in [3.63, 3.8) is 0 Å². The smallest absolute Gasteiger partial charge is 0.260 e. The van der Waals surface area contributed by atoms with E-state index in [1.54, 1.807) is 0 Å². The minimum Gasteiger partial charge on any atom is -0.436 e. The molecule has 1 aromatic heterocycles. The molecule has 0 aliphatic carbocycles.